The molecular weight excluding hydrogens is 232 g/mol. The molecule has 1 aromatic heterocycles. The van der Waals surface area contributed by atoms with Gasteiger partial charge >= 0.3 is 6.09 Å². The van der Waals surface area contributed by atoms with Gasteiger partial charge < -0.3 is 15.1 Å². The Bertz CT molecular complexity index is 308. The molecule has 0 saturated heterocycles. The highest BCUT2D eigenvalue weighted by molar-refractivity contribution is 5.85. The molecule has 1 aromatic rings. The number of pyridine rings is 1. The molecule has 16 heavy (non-hydrogen) atoms. The maximum Gasteiger partial charge on any atom is 0.407 e. The predicted molar refractivity (Wildman–Crippen MR) is 61.9 cm³/mol. The SMILES string of the molecule is Cl.O=C(O)N(CCO)CCc1ccncc1. The van der Waals surface area contributed by atoms with E-state index in [-0.39, 0.29) is 25.6 Å². The van der Waals surface area contributed by atoms with E-state index in [1.54, 1.807) is 12.4 Å². The molecule has 1 amide bonds. The molecule has 2 N–H and O–H groups in total. The monoisotopic (exact) mass is 246 g/mol. The number of carbonyl (C=O) groups is 1. The first-order valence-electron chi connectivity index (χ1n) is 4.71. The number of aliphatic hydroxyl groups excluding tert-OH is 1. The molecule has 5 nitrogen and oxygen atoms in total. The summed E-state index contributed by atoms with van der Waals surface area (Å²) < 4.78 is 0. The van der Waals surface area contributed by atoms with Crippen LogP contribution in [0.15, 0.2) is 24.5 Å². The number of halogens is 1. The molecule has 0 aliphatic carbocycles. The van der Waals surface area contributed by atoms with Crippen LogP contribution in [0.3, 0.4) is 0 Å². The topological polar surface area (TPSA) is 73.7 Å². The number of hydrogen-bond donors (Lipinski definition) is 2. The van der Waals surface area contributed by atoms with E-state index >= 15 is 0 Å². The summed E-state index contributed by atoms with van der Waals surface area (Å²) in [5, 5.41) is 17.5. The van der Waals surface area contributed by atoms with Gasteiger partial charge in [-0.15, -0.1) is 12.4 Å². The van der Waals surface area contributed by atoms with E-state index in [1.165, 1.54) is 4.90 Å². The molecule has 1 rings (SSSR count). The van der Waals surface area contributed by atoms with E-state index in [0.29, 0.717) is 13.0 Å². The van der Waals surface area contributed by atoms with Crippen LogP contribution >= 0.6 is 12.4 Å². The molecule has 1 heterocycles. The van der Waals surface area contributed by atoms with Crippen molar-refractivity contribution in [1.29, 1.82) is 0 Å². The molecule has 0 aliphatic heterocycles. The van der Waals surface area contributed by atoms with E-state index in [2.05, 4.69) is 4.98 Å². The van der Waals surface area contributed by atoms with Crippen LogP contribution in [0.25, 0.3) is 0 Å². The second kappa shape index (κ2) is 7.90. The third-order valence-corrected chi connectivity index (χ3v) is 2.06. The maximum atomic E-state index is 10.7. The zero-order valence-electron chi connectivity index (χ0n) is 8.74. The Kier molecular flexibility index (Phi) is 7.24. The molecular formula is C10H15ClN2O3. The summed E-state index contributed by atoms with van der Waals surface area (Å²) in [6.45, 7) is 0.392. The van der Waals surface area contributed by atoms with Crippen LogP contribution in [-0.4, -0.2) is 45.9 Å². The lowest BCUT2D eigenvalue weighted by Gasteiger charge is -2.17. The summed E-state index contributed by atoms with van der Waals surface area (Å²) in [4.78, 5) is 15.8. The van der Waals surface area contributed by atoms with Gasteiger partial charge in [-0.3, -0.25) is 4.98 Å². The number of aromatic nitrogens is 1. The summed E-state index contributed by atoms with van der Waals surface area (Å²) >= 11 is 0. The lowest BCUT2D eigenvalue weighted by Crippen LogP contribution is -2.33. The predicted octanol–water partition coefficient (Wildman–Crippen LogP) is 1.02. The first kappa shape index (κ1) is 14.7. The average molecular weight is 247 g/mol. The van der Waals surface area contributed by atoms with E-state index in [0.717, 1.165) is 5.56 Å². The molecule has 0 atom stereocenters. The van der Waals surface area contributed by atoms with Crippen molar-refractivity contribution in [3.8, 4) is 0 Å². The van der Waals surface area contributed by atoms with Crippen LogP contribution in [0.5, 0.6) is 0 Å². The van der Waals surface area contributed by atoms with E-state index in [9.17, 15) is 4.79 Å². The second-order valence-electron chi connectivity index (χ2n) is 3.10. The average Bonchev–Trinajstić information content (AvgIpc) is 2.25. The fourth-order valence-corrected chi connectivity index (χ4v) is 1.24. The number of aliphatic hydroxyl groups is 1. The fourth-order valence-electron chi connectivity index (χ4n) is 1.24. The highest BCUT2D eigenvalue weighted by Crippen LogP contribution is 2.00. The van der Waals surface area contributed by atoms with Gasteiger partial charge in [0.05, 0.1) is 6.61 Å². The van der Waals surface area contributed by atoms with Crippen molar-refractivity contribution >= 4 is 18.5 Å². The normalized spacial score (nSPS) is 9.31. The smallest absolute Gasteiger partial charge is 0.407 e. The van der Waals surface area contributed by atoms with Gasteiger partial charge in [-0.05, 0) is 24.1 Å². The van der Waals surface area contributed by atoms with E-state index in [1.807, 2.05) is 12.1 Å². The number of hydrogen-bond acceptors (Lipinski definition) is 3. The van der Waals surface area contributed by atoms with E-state index < -0.39 is 6.09 Å². The molecule has 0 aromatic carbocycles. The molecule has 90 valence electrons. The van der Waals surface area contributed by atoms with Gasteiger partial charge in [-0.25, -0.2) is 4.79 Å². The summed E-state index contributed by atoms with van der Waals surface area (Å²) in [6, 6.07) is 3.69. The van der Waals surface area contributed by atoms with Gasteiger partial charge in [-0.1, -0.05) is 0 Å². The molecule has 0 fully saturated rings. The summed E-state index contributed by atoms with van der Waals surface area (Å²) in [5.41, 5.74) is 1.04. The molecule has 0 aliphatic rings. The Hall–Kier alpha value is -1.33. The number of nitrogens with zero attached hydrogens (tertiary/aromatic N) is 2. The van der Waals surface area contributed by atoms with Crippen LogP contribution in [0.1, 0.15) is 5.56 Å². The molecule has 0 bridgehead atoms. The second-order valence-corrected chi connectivity index (χ2v) is 3.10. The zero-order valence-corrected chi connectivity index (χ0v) is 9.56. The van der Waals surface area contributed by atoms with Gasteiger partial charge in [0, 0.05) is 25.5 Å². The van der Waals surface area contributed by atoms with Crippen LogP contribution in [0.2, 0.25) is 0 Å². The minimum atomic E-state index is -1.00. The summed E-state index contributed by atoms with van der Waals surface area (Å²) in [6.07, 6.45) is 2.98. The largest absolute Gasteiger partial charge is 0.465 e. The van der Waals surface area contributed by atoms with Gasteiger partial charge in [0.25, 0.3) is 0 Å². The van der Waals surface area contributed by atoms with Crippen LogP contribution in [-0.2, 0) is 6.42 Å². The number of rotatable bonds is 5. The third-order valence-electron chi connectivity index (χ3n) is 2.06. The fraction of sp³-hybridized carbons (Fsp3) is 0.400. The van der Waals surface area contributed by atoms with E-state index in [4.69, 9.17) is 10.2 Å². The zero-order chi connectivity index (χ0) is 11.1. The Balaban J connectivity index is 0.00000225. The van der Waals surface area contributed by atoms with Crippen molar-refractivity contribution in [2.24, 2.45) is 0 Å². The molecule has 6 heteroatoms. The van der Waals surface area contributed by atoms with Crippen LogP contribution < -0.4 is 0 Å². The summed E-state index contributed by atoms with van der Waals surface area (Å²) in [5.74, 6) is 0. The van der Waals surface area contributed by atoms with Gasteiger partial charge in [-0.2, -0.15) is 0 Å². The van der Waals surface area contributed by atoms with Crippen molar-refractivity contribution in [1.82, 2.24) is 9.88 Å². The van der Waals surface area contributed by atoms with Gasteiger partial charge in [0.15, 0.2) is 0 Å². The van der Waals surface area contributed by atoms with Crippen molar-refractivity contribution in [3.63, 3.8) is 0 Å². The Labute approximate surface area is 100 Å². The first-order valence-corrected chi connectivity index (χ1v) is 4.71. The minimum Gasteiger partial charge on any atom is -0.465 e. The van der Waals surface area contributed by atoms with Crippen LogP contribution in [0, 0.1) is 0 Å². The first-order chi connectivity index (χ1) is 7.24. The summed E-state index contributed by atoms with van der Waals surface area (Å²) in [7, 11) is 0. The van der Waals surface area contributed by atoms with Gasteiger partial charge in [0.1, 0.15) is 0 Å². The number of amides is 1. The lowest BCUT2D eigenvalue weighted by molar-refractivity contribution is 0.132. The van der Waals surface area contributed by atoms with Crippen molar-refractivity contribution < 1.29 is 15.0 Å². The molecule has 0 saturated carbocycles. The Morgan fingerprint density at radius 3 is 2.44 bits per heavy atom. The lowest BCUT2D eigenvalue weighted by atomic mass is 10.2. The van der Waals surface area contributed by atoms with Gasteiger partial charge in [0.2, 0.25) is 0 Å². The highest BCUT2D eigenvalue weighted by Gasteiger charge is 2.09. The van der Waals surface area contributed by atoms with Crippen LogP contribution in [0.4, 0.5) is 4.79 Å². The third kappa shape index (κ3) is 4.95. The molecule has 0 radical (unpaired) electrons. The standard InChI is InChI=1S/C10H14N2O3.ClH/c13-8-7-12(10(14)15)6-3-9-1-4-11-5-2-9;/h1-2,4-5,13H,3,6-8H2,(H,14,15);1H. The van der Waals surface area contributed by atoms with Crippen molar-refractivity contribution in [2.75, 3.05) is 19.7 Å². The Morgan fingerprint density at radius 1 is 1.31 bits per heavy atom. The molecule has 0 spiro atoms. The number of carboxylic acid groups (broad SMARTS) is 1. The highest BCUT2D eigenvalue weighted by atomic mass is 35.5. The maximum absolute atomic E-state index is 10.7. The van der Waals surface area contributed by atoms with Crippen molar-refractivity contribution in [3.05, 3.63) is 30.1 Å². The minimum absolute atomic E-state index is 0. The van der Waals surface area contributed by atoms with Crippen molar-refractivity contribution in [2.45, 2.75) is 6.42 Å². The quantitative estimate of drug-likeness (QED) is 0.814. The Morgan fingerprint density at radius 2 is 1.94 bits per heavy atom. The molecule has 0 unspecified atom stereocenters.